The van der Waals surface area contributed by atoms with Gasteiger partial charge in [0.1, 0.15) is 11.5 Å². The molecule has 68 heavy (non-hydrogen) atoms. The second-order valence-corrected chi connectivity index (χ2v) is 21.3. The molecule has 2 aliphatic rings. The van der Waals surface area contributed by atoms with Gasteiger partial charge in [0, 0.05) is 34.4 Å². The molecule has 0 amide bonds. The maximum Gasteiger partial charge on any atom is 0.305 e. The Balaban J connectivity index is 1.27. The third kappa shape index (κ3) is 21.8. The van der Waals surface area contributed by atoms with Crippen molar-refractivity contribution in [3.63, 3.8) is 0 Å². The molecule has 2 aliphatic carbocycles. The first-order valence-corrected chi connectivity index (χ1v) is 29.1. The van der Waals surface area contributed by atoms with Crippen LogP contribution in [0.1, 0.15) is 258 Å². The minimum Gasteiger partial charge on any atom is -0.489 e. The molecule has 0 aromatic heterocycles. The molecule has 6 nitrogen and oxygen atoms in total. The van der Waals surface area contributed by atoms with Crippen LogP contribution in [0, 0.1) is 11.8 Å². The molecule has 0 heterocycles. The second kappa shape index (κ2) is 34.9. The van der Waals surface area contributed by atoms with Gasteiger partial charge in [0.05, 0.1) is 25.4 Å². The molecule has 3 aromatic rings. The number of esters is 2. The van der Waals surface area contributed by atoms with Crippen LogP contribution in [0.4, 0.5) is 0 Å². The molecule has 0 N–H and O–H groups in total. The minimum atomic E-state index is -0.0608. The van der Waals surface area contributed by atoms with Crippen LogP contribution in [0.5, 0.6) is 11.5 Å². The molecule has 2 saturated carbocycles. The lowest BCUT2D eigenvalue weighted by atomic mass is 9.90. The van der Waals surface area contributed by atoms with Crippen molar-refractivity contribution >= 4 is 33.5 Å². The van der Waals surface area contributed by atoms with Crippen LogP contribution in [0.25, 0.3) is 21.5 Å². The first-order valence-electron chi connectivity index (χ1n) is 29.1. The van der Waals surface area contributed by atoms with Gasteiger partial charge in [-0.1, -0.05) is 216 Å². The Hall–Kier alpha value is -3.28. The summed E-state index contributed by atoms with van der Waals surface area (Å²) < 4.78 is 26.2. The van der Waals surface area contributed by atoms with E-state index in [1.54, 1.807) is 0 Å². The third-order valence-electron chi connectivity index (χ3n) is 15.4. The first-order chi connectivity index (χ1) is 33.6. The summed E-state index contributed by atoms with van der Waals surface area (Å²) in [4.78, 5) is 26.0. The predicted octanol–water partition coefficient (Wildman–Crippen LogP) is 18.7. The number of ether oxygens (including phenoxy) is 4. The molecule has 6 heteroatoms. The van der Waals surface area contributed by atoms with E-state index >= 15 is 0 Å². The van der Waals surface area contributed by atoms with Gasteiger partial charge in [0.15, 0.2) is 0 Å². The van der Waals surface area contributed by atoms with E-state index in [-0.39, 0.29) is 24.1 Å². The SMILES string of the molecule is CCCCCCCCCCCCC(CCCC(=O)OCC1CCCCC1)Oc1c2ccccc2c(OC(CCCCCCCCCCCC)CCCC(=O)OCC2CCCCC2)c2ccccc12. The number of rotatable bonds is 38. The fourth-order valence-electron chi connectivity index (χ4n) is 11.1. The van der Waals surface area contributed by atoms with E-state index in [2.05, 4.69) is 62.4 Å². The molecule has 0 bridgehead atoms. The number of carbonyl (C=O) groups excluding carboxylic acids is 2. The molecule has 3 aromatic carbocycles. The highest BCUT2D eigenvalue weighted by Gasteiger charge is 2.23. The average Bonchev–Trinajstić information content (AvgIpc) is 3.37. The Morgan fingerprint density at radius 3 is 1.03 bits per heavy atom. The van der Waals surface area contributed by atoms with Gasteiger partial charge in [-0.25, -0.2) is 0 Å². The summed E-state index contributed by atoms with van der Waals surface area (Å²) >= 11 is 0. The van der Waals surface area contributed by atoms with Gasteiger partial charge in [0.25, 0.3) is 0 Å². The summed E-state index contributed by atoms with van der Waals surface area (Å²) in [6.45, 7) is 5.73. The first kappa shape index (κ1) is 55.6. The highest BCUT2D eigenvalue weighted by molar-refractivity contribution is 6.11. The predicted molar refractivity (Wildman–Crippen MR) is 286 cm³/mol. The van der Waals surface area contributed by atoms with Crippen molar-refractivity contribution in [1.82, 2.24) is 0 Å². The van der Waals surface area contributed by atoms with Gasteiger partial charge < -0.3 is 18.9 Å². The number of unbranched alkanes of at least 4 members (excludes halogenated alkanes) is 18. The number of hydrogen-bond donors (Lipinski definition) is 0. The normalized spacial score (nSPS) is 15.7. The van der Waals surface area contributed by atoms with Gasteiger partial charge in [-0.05, 0) is 88.9 Å². The van der Waals surface area contributed by atoms with Crippen LogP contribution in [0.2, 0.25) is 0 Å². The Kier molecular flexibility index (Phi) is 28.6. The van der Waals surface area contributed by atoms with Crippen LogP contribution < -0.4 is 9.47 Å². The van der Waals surface area contributed by atoms with E-state index < -0.39 is 0 Å². The van der Waals surface area contributed by atoms with Crippen molar-refractivity contribution in [2.45, 2.75) is 270 Å². The lowest BCUT2D eigenvalue weighted by Crippen LogP contribution is -2.20. The quantitative estimate of drug-likeness (QED) is 0.0324. The molecule has 0 saturated heterocycles. The van der Waals surface area contributed by atoms with Gasteiger partial charge in [-0.3, -0.25) is 9.59 Å². The lowest BCUT2D eigenvalue weighted by molar-refractivity contribution is -0.146. The zero-order valence-corrected chi connectivity index (χ0v) is 43.7. The molecule has 0 aliphatic heterocycles. The van der Waals surface area contributed by atoms with E-state index in [0.29, 0.717) is 37.9 Å². The number of fused-ring (bicyclic) bond motifs is 2. The van der Waals surface area contributed by atoms with E-state index in [9.17, 15) is 9.59 Å². The van der Waals surface area contributed by atoms with Crippen molar-refractivity contribution in [3.05, 3.63) is 48.5 Å². The van der Waals surface area contributed by atoms with E-state index in [1.807, 2.05) is 0 Å². The van der Waals surface area contributed by atoms with Gasteiger partial charge in [-0.15, -0.1) is 0 Å². The Labute approximate surface area is 415 Å². The molecular weight excluding hydrogens is 841 g/mol. The summed E-state index contributed by atoms with van der Waals surface area (Å²) in [7, 11) is 0. The highest BCUT2D eigenvalue weighted by Crippen LogP contribution is 2.44. The monoisotopic (exact) mass is 939 g/mol. The third-order valence-corrected chi connectivity index (χ3v) is 15.4. The smallest absolute Gasteiger partial charge is 0.305 e. The zero-order chi connectivity index (χ0) is 47.7. The highest BCUT2D eigenvalue weighted by atomic mass is 16.5. The van der Waals surface area contributed by atoms with Crippen LogP contribution >= 0.6 is 0 Å². The fourth-order valence-corrected chi connectivity index (χ4v) is 11.1. The fraction of sp³-hybridized carbons (Fsp3) is 0.742. The topological polar surface area (TPSA) is 71.1 Å². The van der Waals surface area contributed by atoms with Crippen LogP contribution in [-0.2, 0) is 19.1 Å². The van der Waals surface area contributed by atoms with Crippen LogP contribution in [0.3, 0.4) is 0 Å². The molecule has 0 radical (unpaired) electrons. The number of carbonyl (C=O) groups is 2. The molecule has 2 fully saturated rings. The van der Waals surface area contributed by atoms with Crippen molar-refractivity contribution in [2.24, 2.45) is 11.8 Å². The van der Waals surface area contributed by atoms with Crippen molar-refractivity contribution in [1.29, 1.82) is 0 Å². The second-order valence-electron chi connectivity index (χ2n) is 21.3. The van der Waals surface area contributed by atoms with Gasteiger partial charge in [0.2, 0.25) is 0 Å². The van der Waals surface area contributed by atoms with E-state index in [4.69, 9.17) is 18.9 Å². The van der Waals surface area contributed by atoms with Gasteiger partial charge >= 0.3 is 11.9 Å². The van der Waals surface area contributed by atoms with Gasteiger partial charge in [-0.2, -0.15) is 0 Å². The Bertz CT molecular complexity index is 1590. The summed E-state index contributed by atoms with van der Waals surface area (Å²) in [5, 5.41) is 4.30. The molecular formula is C62H98O6. The van der Waals surface area contributed by atoms with Crippen molar-refractivity contribution in [2.75, 3.05) is 13.2 Å². The molecule has 0 spiro atoms. The summed E-state index contributed by atoms with van der Waals surface area (Å²) in [5.41, 5.74) is 0. The molecule has 2 unspecified atom stereocenters. The molecule has 382 valence electrons. The van der Waals surface area contributed by atoms with Crippen LogP contribution in [0.15, 0.2) is 48.5 Å². The number of benzene rings is 3. The molecule has 2 atom stereocenters. The van der Waals surface area contributed by atoms with Crippen molar-refractivity contribution in [3.8, 4) is 11.5 Å². The lowest BCUT2D eigenvalue weighted by Gasteiger charge is -2.26. The summed E-state index contributed by atoms with van der Waals surface area (Å²) in [5.74, 6) is 2.79. The standard InChI is InChI=1S/C62H98O6/c1-3-5-7-9-11-13-15-17-19-27-39-53(41-33-47-59(63)65-49-51-35-23-21-24-36-51)67-61-55-43-29-31-45-57(55)62(58-46-32-30-44-56(58)61)68-54(40-28-20-18-16-14-12-10-8-6-4-2)42-34-48-60(64)66-50-52-37-25-22-26-38-52/h29-32,43-46,51-54H,3-28,33-42,47-50H2,1-2H3. The largest absolute Gasteiger partial charge is 0.489 e. The summed E-state index contributed by atoms with van der Waals surface area (Å²) in [6, 6.07) is 17.3. The van der Waals surface area contributed by atoms with E-state index in [0.717, 1.165) is 84.4 Å². The summed E-state index contributed by atoms with van der Waals surface area (Å²) in [6.07, 6.45) is 44.4. The maximum absolute atomic E-state index is 13.0. The Morgan fingerprint density at radius 1 is 0.412 bits per heavy atom. The zero-order valence-electron chi connectivity index (χ0n) is 43.7. The van der Waals surface area contributed by atoms with Crippen molar-refractivity contribution < 1.29 is 28.5 Å². The number of hydrogen-bond acceptors (Lipinski definition) is 6. The van der Waals surface area contributed by atoms with Crippen LogP contribution in [-0.4, -0.2) is 37.4 Å². The molecule has 5 rings (SSSR count). The van der Waals surface area contributed by atoms with E-state index in [1.165, 1.54) is 180 Å². The maximum atomic E-state index is 13.0. The average molecular weight is 939 g/mol. The minimum absolute atomic E-state index is 0.00396. The Morgan fingerprint density at radius 2 is 0.706 bits per heavy atom.